The standard InChI is InChI=1S/C14H14O7/c1-18-8-4-5-9-10(6-8)21-14(12(9)16,13(17)20-3)7-11(15)19-2/h4-6H,7H2,1-3H3/t14-/m1/s1. The molecule has 0 aromatic heterocycles. The first-order chi connectivity index (χ1) is 9.98. The molecule has 21 heavy (non-hydrogen) atoms. The van der Waals surface area contributed by atoms with Gasteiger partial charge in [-0.1, -0.05) is 0 Å². The van der Waals surface area contributed by atoms with Gasteiger partial charge in [-0.2, -0.15) is 0 Å². The molecule has 0 radical (unpaired) electrons. The maximum absolute atomic E-state index is 12.5. The Morgan fingerprint density at radius 1 is 1.19 bits per heavy atom. The summed E-state index contributed by atoms with van der Waals surface area (Å²) in [6.45, 7) is 0. The lowest BCUT2D eigenvalue weighted by Crippen LogP contribution is -2.50. The monoisotopic (exact) mass is 294 g/mol. The van der Waals surface area contributed by atoms with Crippen LogP contribution in [0.2, 0.25) is 0 Å². The van der Waals surface area contributed by atoms with Gasteiger partial charge in [0, 0.05) is 6.07 Å². The van der Waals surface area contributed by atoms with E-state index in [4.69, 9.17) is 9.47 Å². The SMILES string of the molecule is COC(=O)C[C@@]1(C(=O)OC)Oc2cc(OC)ccc2C1=O. The fourth-order valence-corrected chi connectivity index (χ4v) is 2.12. The Labute approximate surface area is 120 Å². The molecule has 0 saturated carbocycles. The summed E-state index contributed by atoms with van der Waals surface area (Å²) in [5.41, 5.74) is -1.86. The first kappa shape index (κ1) is 14.8. The van der Waals surface area contributed by atoms with Gasteiger partial charge in [-0.3, -0.25) is 9.59 Å². The molecule has 1 aliphatic rings. The van der Waals surface area contributed by atoms with E-state index in [0.29, 0.717) is 5.75 Å². The highest BCUT2D eigenvalue weighted by atomic mass is 16.6. The molecule has 7 heteroatoms. The second-order valence-electron chi connectivity index (χ2n) is 4.36. The fraction of sp³-hybridized carbons (Fsp3) is 0.357. The van der Waals surface area contributed by atoms with E-state index in [-0.39, 0.29) is 11.3 Å². The van der Waals surface area contributed by atoms with Gasteiger partial charge in [0.25, 0.3) is 5.60 Å². The smallest absolute Gasteiger partial charge is 0.359 e. The van der Waals surface area contributed by atoms with Crippen LogP contribution in [0.1, 0.15) is 16.8 Å². The Balaban J connectivity index is 2.47. The number of benzene rings is 1. The van der Waals surface area contributed by atoms with Crippen LogP contribution < -0.4 is 9.47 Å². The average Bonchev–Trinajstić information content (AvgIpc) is 2.79. The van der Waals surface area contributed by atoms with E-state index in [9.17, 15) is 14.4 Å². The third kappa shape index (κ3) is 2.31. The second kappa shape index (κ2) is 5.43. The number of hydrogen-bond acceptors (Lipinski definition) is 7. The van der Waals surface area contributed by atoms with Crippen LogP contribution in [0.3, 0.4) is 0 Å². The van der Waals surface area contributed by atoms with Gasteiger partial charge in [-0.25, -0.2) is 4.79 Å². The van der Waals surface area contributed by atoms with Crippen LogP contribution in [0.5, 0.6) is 11.5 Å². The zero-order valence-electron chi connectivity index (χ0n) is 11.8. The predicted octanol–water partition coefficient (Wildman–Crippen LogP) is 0.745. The van der Waals surface area contributed by atoms with Gasteiger partial charge in [0.2, 0.25) is 5.78 Å². The fourth-order valence-electron chi connectivity index (χ4n) is 2.12. The van der Waals surface area contributed by atoms with E-state index in [1.54, 1.807) is 6.07 Å². The van der Waals surface area contributed by atoms with Gasteiger partial charge in [-0.05, 0) is 12.1 Å². The summed E-state index contributed by atoms with van der Waals surface area (Å²) < 4.78 is 19.6. The van der Waals surface area contributed by atoms with Crippen LogP contribution in [-0.4, -0.2) is 44.7 Å². The quantitative estimate of drug-likeness (QED) is 0.598. The van der Waals surface area contributed by atoms with Crippen LogP contribution in [0, 0.1) is 0 Å². The lowest BCUT2D eigenvalue weighted by Gasteiger charge is -2.22. The number of fused-ring (bicyclic) bond motifs is 1. The molecule has 1 atom stereocenters. The van der Waals surface area contributed by atoms with Crippen LogP contribution in [-0.2, 0) is 19.1 Å². The summed E-state index contributed by atoms with van der Waals surface area (Å²) in [6.07, 6.45) is -0.563. The molecule has 0 N–H and O–H groups in total. The highest BCUT2D eigenvalue weighted by molar-refractivity contribution is 6.20. The van der Waals surface area contributed by atoms with E-state index >= 15 is 0 Å². The van der Waals surface area contributed by atoms with E-state index in [2.05, 4.69) is 9.47 Å². The van der Waals surface area contributed by atoms with Crippen LogP contribution in [0.4, 0.5) is 0 Å². The summed E-state index contributed by atoms with van der Waals surface area (Å²) >= 11 is 0. The van der Waals surface area contributed by atoms with Gasteiger partial charge in [-0.15, -0.1) is 0 Å². The highest BCUT2D eigenvalue weighted by Crippen LogP contribution is 2.40. The molecule has 112 valence electrons. The lowest BCUT2D eigenvalue weighted by molar-refractivity contribution is -0.160. The van der Waals surface area contributed by atoms with Crippen molar-refractivity contribution in [2.24, 2.45) is 0 Å². The molecule has 0 unspecified atom stereocenters. The zero-order chi connectivity index (χ0) is 15.6. The number of methoxy groups -OCH3 is 3. The maximum Gasteiger partial charge on any atom is 0.359 e. The minimum Gasteiger partial charge on any atom is -0.497 e. The number of ketones is 1. The average molecular weight is 294 g/mol. The van der Waals surface area contributed by atoms with E-state index < -0.39 is 29.7 Å². The van der Waals surface area contributed by atoms with E-state index in [1.807, 2.05) is 0 Å². The van der Waals surface area contributed by atoms with Crippen molar-refractivity contribution in [3.8, 4) is 11.5 Å². The summed E-state index contributed by atoms with van der Waals surface area (Å²) in [4.78, 5) is 36.0. The number of rotatable bonds is 4. The molecular weight excluding hydrogens is 280 g/mol. The summed E-state index contributed by atoms with van der Waals surface area (Å²) in [5.74, 6) is -1.73. The molecule has 1 heterocycles. The van der Waals surface area contributed by atoms with Crippen molar-refractivity contribution in [3.63, 3.8) is 0 Å². The first-order valence-corrected chi connectivity index (χ1v) is 6.05. The Morgan fingerprint density at radius 2 is 1.90 bits per heavy atom. The van der Waals surface area contributed by atoms with Gasteiger partial charge in [0.15, 0.2) is 0 Å². The Hall–Kier alpha value is -2.57. The third-order valence-corrected chi connectivity index (χ3v) is 3.22. The molecule has 0 saturated heterocycles. The number of carbonyl (C=O) groups is 3. The van der Waals surface area contributed by atoms with Crippen molar-refractivity contribution in [2.75, 3.05) is 21.3 Å². The number of esters is 2. The number of hydrogen-bond donors (Lipinski definition) is 0. The first-order valence-electron chi connectivity index (χ1n) is 6.05. The molecule has 1 aromatic carbocycles. The van der Waals surface area contributed by atoms with Crippen molar-refractivity contribution < 1.29 is 33.3 Å². The molecule has 0 spiro atoms. The normalized spacial score (nSPS) is 19.5. The molecule has 0 amide bonds. The maximum atomic E-state index is 12.5. The molecule has 1 aliphatic heterocycles. The molecule has 0 bridgehead atoms. The minimum absolute atomic E-state index is 0.161. The van der Waals surface area contributed by atoms with Gasteiger partial charge >= 0.3 is 11.9 Å². The number of ether oxygens (including phenoxy) is 4. The minimum atomic E-state index is -2.05. The van der Waals surface area contributed by atoms with Gasteiger partial charge in [0.05, 0.1) is 26.9 Å². The molecule has 0 fully saturated rings. The molecular formula is C14H14O7. The predicted molar refractivity (Wildman–Crippen MR) is 69.3 cm³/mol. The number of Topliss-reactive ketones (excluding diaryl/α,β-unsaturated/α-hetero) is 1. The van der Waals surface area contributed by atoms with Crippen molar-refractivity contribution >= 4 is 17.7 Å². The summed E-state index contributed by atoms with van der Waals surface area (Å²) in [6, 6.07) is 4.50. The van der Waals surface area contributed by atoms with E-state index in [1.165, 1.54) is 19.2 Å². The topological polar surface area (TPSA) is 88.1 Å². The van der Waals surface area contributed by atoms with Crippen molar-refractivity contribution in [2.45, 2.75) is 12.0 Å². The molecule has 2 rings (SSSR count). The second-order valence-corrected chi connectivity index (χ2v) is 4.36. The van der Waals surface area contributed by atoms with Crippen LogP contribution in [0.25, 0.3) is 0 Å². The van der Waals surface area contributed by atoms with Crippen molar-refractivity contribution in [3.05, 3.63) is 23.8 Å². The van der Waals surface area contributed by atoms with E-state index in [0.717, 1.165) is 14.2 Å². The summed E-state index contributed by atoms with van der Waals surface area (Å²) in [7, 11) is 3.73. The van der Waals surface area contributed by atoms with Crippen molar-refractivity contribution in [1.82, 2.24) is 0 Å². The lowest BCUT2D eigenvalue weighted by atomic mass is 9.92. The van der Waals surface area contributed by atoms with Crippen LogP contribution >= 0.6 is 0 Å². The number of carbonyl (C=O) groups excluding carboxylic acids is 3. The van der Waals surface area contributed by atoms with Gasteiger partial charge < -0.3 is 18.9 Å². The Morgan fingerprint density at radius 3 is 2.48 bits per heavy atom. The third-order valence-electron chi connectivity index (χ3n) is 3.22. The van der Waals surface area contributed by atoms with Crippen LogP contribution in [0.15, 0.2) is 18.2 Å². The Bertz CT molecular complexity index is 607. The summed E-state index contributed by atoms with van der Waals surface area (Å²) in [5, 5.41) is 0. The van der Waals surface area contributed by atoms with Gasteiger partial charge in [0.1, 0.15) is 17.9 Å². The largest absolute Gasteiger partial charge is 0.497 e. The highest BCUT2D eigenvalue weighted by Gasteiger charge is 2.57. The Kier molecular flexibility index (Phi) is 3.84. The molecule has 7 nitrogen and oxygen atoms in total. The zero-order valence-corrected chi connectivity index (χ0v) is 11.8. The molecule has 1 aromatic rings. The molecule has 0 aliphatic carbocycles. The van der Waals surface area contributed by atoms with Crippen molar-refractivity contribution in [1.29, 1.82) is 0 Å².